The van der Waals surface area contributed by atoms with Crippen molar-refractivity contribution >= 4 is 42.3 Å². The minimum absolute atomic E-state index is 0.143. The van der Waals surface area contributed by atoms with Crippen molar-refractivity contribution in [1.29, 1.82) is 0 Å². The number of sulfonamides is 1. The molecule has 0 aliphatic heterocycles. The van der Waals surface area contributed by atoms with Gasteiger partial charge >= 0.3 is 0 Å². The minimum atomic E-state index is -3.78. The van der Waals surface area contributed by atoms with Crippen LogP contribution >= 0.6 is 27.3 Å². The van der Waals surface area contributed by atoms with Gasteiger partial charge in [0, 0.05) is 10.0 Å². The molecule has 2 aromatic heterocycles. The molecule has 3 aromatic rings. The van der Waals surface area contributed by atoms with Gasteiger partial charge in [-0.1, -0.05) is 39.4 Å². The predicted octanol–water partition coefficient (Wildman–Crippen LogP) is 1.87. The zero-order valence-corrected chi connectivity index (χ0v) is 12.5. The molecule has 0 saturated heterocycles. The first-order valence-electron chi connectivity index (χ1n) is 5.08. The maximum atomic E-state index is 11.2. The summed E-state index contributed by atoms with van der Waals surface area (Å²) >= 11 is 4.33. The number of halogens is 1. The molecule has 0 amide bonds. The van der Waals surface area contributed by atoms with Gasteiger partial charge in [-0.3, -0.25) is 0 Å². The van der Waals surface area contributed by atoms with Crippen molar-refractivity contribution < 1.29 is 8.42 Å². The van der Waals surface area contributed by atoms with Gasteiger partial charge in [0.25, 0.3) is 10.0 Å². The molecule has 98 valence electrons. The Labute approximate surface area is 121 Å². The molecule has 9 heteroatoms. The molecule has 0 aliphatic rings. The lowest BCUT2D eigenvalue weighted by Gasteiger charge is -1.96. The maximum absolute atomic E-state index is 11.2. The Morgan fingerprint density at radius 3 is 2.79 bits per heavy atom. The van der Waals surface area contributed by atoms with Gasteiger partial charge in [-0.05, 0) is 12.1 Å². The van der Waals surface area contributed by atoms with Crippen LogP contribution in [0.3, 0.4) is 0 Å². The van der Waals surface area contributed by atoms with Crippen molar-refractivity contribution in [1.82, 2.24) is 14.6 Å². The second-order valence-electron chi connectivity index (χ2n) is 3.78. The average Bonchev–Trinajstić information content (AvgIpc) is 2.85. The Kier molecular flexibility index (Phi) is 2.93. The van der Waals surface area contributed by atoms with Gasteiger partial charge in [0.1, 0.15) is 0 Å². The Balaban J connectivity index is 2.11. The van der Waals surface area contributed by atoms with E-state index in [1.807, 2.05) is 24.3 Å². The third kappa shape index (κ3) is 2.41. The summed E-state index contributed by atoms with van der Waals surface area (Å²) in [5.74, 6) is 0. The van der Waals surface area contributed by atoms with Crippen LogP contribution in [0, 0.1) is 0 Å². The second-order valence-corrected chi connectivity index (χ2v) is 7.38. The highest BCUT2D eigenvalue weighted by Gasteiger charge is 2.17. The number of benzene rings is 1. The molecule has 2 N–H and O–H groups in total. The van der Waals surface area contributed by atoms with E-state index >= 15 is 0 Å². The monoisotopic (exact) mass is 358 g/mol. The summed E-state index contributed by atoms with van der Waals surface area (Å²) in [6, 6.07) is 7.65. The van der Waals surface area contributed by atoms with Crippen LogP contribution in [0.15, 0.2) is 39.3 Å². The van der Waals surface area contributed by atoms with E-state index in [1.54, 1.807) is 6.20 Å². The third-order valence-corrected chi connectivity index (χ3v) is 5.11. The fourth-order valence-electron chi connectivity index (χ4n) is 1.58. The van der Waals surface area contributed by atoms with Crippen molar-refractivity contribution in [2.24, 2.45) is 5.14 Å². The van der Waals surface area contributed by atoms with E-state index in [0.29, 0.717) is 4.96 Å². The molecule has 0 bridgehead atoms. The molecule has 0 saturated carbocycles. The van der Waals surface area contributed by atoms with Crippen molar-refractivity contribution in [3.05, 3.63) is 34.9 Å². The lowest BCUT2D eigenvalue weighted by atomic mass is 10.2. The Hall–Kier alpha value is -1.29. The smallest absolute Gasteiger partial charge is 0.223 e. The third-order valence-electron chi connectivity index (χ3n) is 2.39. The van der Waals surface area contributed by atoms with Gasteiger partial charge in [0.2, 0.25) is 9.30 Å². The normalized spacial score (nSPS) is 12.1. The molecule has 3 rings (SSSR count). The number of fused-ring (bicyclic) bond motifs is 1. The zero-order valence-electron chi connectivity index (χ0n) is 9.32. The first-order valence-corrected chi connectivity index (χ1v) is 8.24. The molecular weight excluding hydrogens is 352 g/mol. The summed E-state index contributed by atoms with van der Waals surface area (Å²) < 4.78 is 24.6. The van der Waals surface area contributed by atoms with Crippen molar-refractivity contribution in [3.8, 4) is 11.3 Å². The van der Waals surface area contributed by atoms with Crippen LogP contribution < -0.4 is 5.14 Å². The topological polar surface area (TPSA) is 90.4 Å². The fraction of sp³-hybridized carbons (Fsp3) is 0. The number of nitrogens with two attached hydrogens (primary N) is 1. The molecule has 0 spiro atoms. The largest absolute Gasteiger partial charge is 0.267 e. The van der Waals surface area contributed by atoms with Crippen LogP contribution in [0.25, 0.3) is 16.2 Å². The maximum Gasteiger partial charge on any atom is 0.267 e. The summed E-state index contributed by atoms with van der Waals surface area (Å²) in [5, 5.41) is 8.92. The van der Waals surface area contributed by atoms with E-state index in [9.17, 15) is 8.42 Å². The van der Waals surface area contributed by atoms with Gasteiger partial charge < -0.3 is 0 Å². The molecular formula is C10H7BrN4O2S2. The number of imidazole rings is 1. The quantitative estimate of drug-likeness (QED) is 0.756. The second kappa shape index (κ2) is 4.37. The number of nitrogens with zero attached hydrogens (tertiary/aromatic N) is 3. The van der Waals surface area contributed by atoms with Crippen LogP contribution in [0.1, 0.15) is 0 Å². The molecule has 2 heterocycles. The Bertz CT molecular complexity index is 837. The lowest BCUT2D eigenvalue weighted by molar-refractivity contribution is 0.595. The first-order chi connectivity index (χ1) is 8.93. The molecule has 0 aliphatic carbocycles. The van der Waals surface area contributed by atoms with Crippen LogP contribution in [-0.2, 0) is 10.0 Å². The average molecular weight is 359 g/mol. The first kappa shape index (κ1) is 12.7. The number of aromatic nitrogens is 3. The summed E-state index contributed by atoms with van der Waals surface area (Å²) in [6.07, 6.45) is 1.67. The summed E-state index contributed by atoms with van der Waals surface area (Å²) in [5.41, 5.74) is 1.64. The van der Waals surface area contributed by atoms with Crippen molar-refractivity contribution in [3.63, 3.8) is 0 Å². The molecule has 0 radical (unpaired) electrons. The van der Waals surface area contributed by atoms with Gasteiger partial charge in [-0.2, -0.15) is 0 Å². The van der Waals surface area contributed by atoms with Crippen LogP contribution in [0.2, 0.25) is 0 Å². The highest BCUT2D eigenvalue weighted by atomic mass is 79.9. The molecule has 0 atom stereocenters. The van der Waals surface area contributed by atoms with E-state index in [-0.39, 0.29) is 4.34 Å². The summed E-state index contributed by atoms with van der Waals surface area (Å²) in [7, 11) is -3.78. The van der Waals surface area contributed by atoms with Crippen molar-refractivity contribution in [2.45, 2.75) is 4.34 Å². The SMILES string of the molecule is NS(=O)(=O)c1nn2cc(-c3cccc(Br)c3)nc2s1. The summed E-state index contributed by atoms with van der Waals surface area (Å²) in [4.78, 5) is 4.82. The van der Waals surface area contributed by atoms with E-state index in [0.717, 1.165) is 27.1 Å². The highest BCUT2D eigenvalue weighted by molar-refractivity contribution is 9.10. The van der Waals surface area contributed by atoms with Gasteiger partial charge in [-0.15, -0.1) is 5.10 Å². The molecule has 0 unspecified atom stereocenters. The number of primary sulfonamides is 1. The Morgan fingerprint density at radius 1 is 1.37 bits per heavy atom. The zero-order chi connectivity index (χ0) is 13.6. The molecule has 6 nitrogen and oxygen atoms in total. The minimum Gasteiger partial charge on any atom is -0.223 e. The van der Waals surface area contributed by atoms with E-state index in [1.165, 1.54) is 4.52 Å². The Morgan fingerprint density at radius 2 is 2.16 bits per heavy atom. The van der Waals surface area contributed by atoms with Crippen LogP contribution in [0.4, 0.5) is 0 Å². The molecule has 0 fully saturated rings. The predicted molar refractivity (Wildman–Crippen MR) is 75.4 cm³/mol. The highest BCUT2D eigenvalue weighted by Crippen LogP contribution is 2.25. The van der Waals surface area contributed by atoms with E-state index in [4.69, 9.17) is 5.14 Å². The number of rotatable bonds is 2. The number of hydrogen-bond acceptors (Lipinski definition) is 5. The lowest BCUT2D eigenvalue weighted by Crippen LogP contribution is -2.12. The van der Waals surface area contributed by atoms with Crippen molar-refractivity contribution in [2.75, 3.05) is 0 Å². The molecule has 1 aromatic carbocycles. The van der Waals surface area contributed by atoms with Crippen LogP contribution in [0.5, 0.6) is 0 Å². The number of hydrogen-bond donors (Lipinski definition) is 1. The van der Waals surface area contributed by atoms with E-state index in [2.05, 4.69) is 26.0 Å². The van der Waals surface area contributed by atoms with Gasteiger partial charge in [0.05, 0.1) is 11.9 Å². The van der Waals surface area contributed by atoms with Gasteiger partial charge in [0.15, 0.2) is 0 Å². The van der Waals surface area contributed by atoms with E-state index < -0.39 is 10.0 Å². The molecule has 19 heavy (non-hydrogen) atoms. The fourth-order valence-corrected chi connectivity index (χ4v) is 3.49. The van der Waals surface area contributed by atoms with Gasteiger partial charge in [-0.25, -0.2) is 23.1 Å². The van der Waals surface area contributed by atoms with Crippen LogP contribution in [-0.4, -0.2) is 23.0 Å². The summed E-state index contributed by atoms with van der Waals surface area (Å²) in [6.45, 7) is 0. The standard InChI is InChI=1S/C10H7BrN4O2S2/c11-7-3-1-2-6(4-7)8-5-15-9(13-8)18-10(14-15)19(12,16)17/h1-5H,(H2,12,16,17).